The number of anilines is 2. The molecule has 0 aliphatic rings. The summed E-state index contributed by atoms with van der Waals surface area (Å²) in [5, 5.41) is 3.40. The van der Waals surface area contributed by atoms with Gasteiger partial charge >= 0.3 is 6.09 Å². The van der Waals surface area contributed by atoms with Crippen LogP contribution in [0.3, 0.4) is 0 Å². The number of benzene rings is 2. The van der Waals surface area contributed by atoms with Crippen LogP contribution in [-0.2, 0) is 4.74 Å². The highest BCUT2D eigenvalue weighted by atomic mass is 35.5. The monoisotopic (exact) mass is 336 g/mol. The first-order chi connectivity index (χ1) is 10.9. The van der Waals surface area contributed by atoms with Crippen molar-refractivity contribution in [2.45, 2.75) is 13.0 Å². The highest BCUT2D eigenvalue weighted by molar-refractivity contribution is 6.30. The molecule has 2 aromatic carbocycles. The van der Waals surface area contributed by atoms with Crippen LogP contribution in [0.1, 0.15) is 18.5 Å². The zero-order chi connectivity index (χ0) is 17.0. The summed E-state index contributed by atoms with van der Waals surface area (Å²) < 4.78 is 17.9. The lowest BCUT2D eigenvalue weighted by Gasteiger charge is -2.18. The maximum atomic E-state index is 13.2. The number of carbonyl (C=O) groups excluding carboxylic acids is 1. The molecule has 1 N–H and O–H groups in total. The maximum absolute atomic E-state index is 13.2. The van der Waals surface area contributed by atoms with Crippen molar-refractivity contribution in [3.8, 4) is 0 Å². The molecule has 0 aliphatic carbocycles. The first-order valence-electron chi connectivity index (χ1n) is 7.05. The molecule has 6 heteroatoms. The molecular weight excluding hydrogens is 319 g/mol. The van der Waals surface area contributed by atoms with Crippen LogP contribution in [0.15, 0.2) is 42.5 Å². The minimum atomic E-state index is -0.433. The smallest absolute Gasteiger partial charge is 0.413 e. The summed E-state index contributed by atoms with van der Waals surface area (Å²) in [5.74, 6) is -0.433. The second-order valence-corrected chi connectivity index (χ2v) is 5.52. The number of hydrogen-bond donors (Lipinski definition) is 1. The fraction of sp³-hybridized carbons (Fsp3) is 0.235. The van der Waals surface area contributed by atoms with Crippen molar-refractivity contribution in [3.63, 3.8) is 0 Å². The zero-order valence-corrected chi connectivity index (χ0v) is 13.9. The van der Waals surface area contributed by atoms with E-state index in [1.807, 2.05) is 31.2 Å². The fourth-order valence-electron chi connectivity index (χ4n) is 2.14. The largest absolute Gasteiger partial charge is 0.452 e. The molecule has 0 saturated heterocycles. The molecule has 2 aromatic rings. The average Bonchev–Trinajstić information content (AvgIpc) is 2.56. The van der Waals surface area contributed by atoms with Crippen molar-refractivity contribution >= 4 is 29.1 Å². The molecule has 0 fully saturated rings. The number of halogens is 2. The zero-order valence-electron chi connectivity index (χ0n) is 13.1. The first-order valence-corrected chi connectivity index (χ1v) is 7.43. The topological polar surface area (TPSA) is 41.6 Å². The van der Waals surface area contributed by atoms with Gasteiger partial charge in [-0.25, -0.2) is 9.18 Å². The summed E-state index contributed by atoms with van der Waals surface area (Å²) in [6.45, 7) is 1.96. The van der Waals surface area contributed by atoms with Gasteiger partial charge in [0.15, 0.2) is 0 Å². The van der Waals surface area contributed by atoms with E-state index in [1.165, 1.54) is 18.1 Å². The van der Waals surface area contributed by atoms with Gasteiger partial charge in [0.05, 0.1) is 12.1 Å². The fourth-order valence-corrected chi connectivity index (χ4v) is 2.33. The molecule has 0 heterocycles. The van der Waals surface area contributed by atoms with E-state index in [9.17, 15) is 9.18 Å². The van der Waals surface area contributed by atoms with Crippen LogP contribution >= 0.6 is 11.6 Å². The molecule has 2 rings (SSSR count). The Kier molecular flexibility index (Phi) is 5.45. The van der Waals surface area contributed by atoms with Gasteiger partial charge in [-0.1, -0.05) is 17.7 Å². The lowest BCUT2D eigenvalue weighted by Crippen LogP contribution is -2.25. The van der Waals surface area contributed by atoms with E-state index in [1.54, 1.807) is 19.2 Å². The van der Waals surface area contributed by atoms with Crippen LogP contribution < -0.4 is 10.2 Å². The number of amides is 1. The number of carbonyl (C=O) groups is 1. The van der Waals surface area contributed by atoms with E-state index in [4.69, 9.17) is 11.6 Å². The minimum Gasteiger partial charge on any atom is -0.452 e. The maximum Gasteiger partial charge on any atom is 0.413 e. The molecule has 1 amide bonds. The quantitative estimate of drug-likeness (QED) is 0.867. The van der Waals surface area contributed by atoms with Crippen LogP contribution in [0.2, 0.25) is 5.02 Å². The van der Waals surface area contributed by atoms with E-state index >= 15 is 0 Å². The van der Waals surface area contributed by atoms with E-state index in [0.717, 1.165) is 16.9 Å². The number of nitrogens with zero attached hydrogens (tertiary/aromatic N) is 1. The normalized spacial score (nSPS) is 11.7. The van der Waals surface area contributed by atoms with Gasteiger partial charge in [0.2, 0.25) is 0 Å². The van der Waals surface area contributed by atoms with E-state index in [0.29, 0.717) is 0 Å². The van der Waals surface area contributed by atoms with Gasteiger partial charge < -0.3 is 10.1 Å². The van der Waals surface area contributed by atoms with Gasteiger partial charge in [-0.15, -0.1) is 0 Å². The molecule has 4 nitrogen and oxygen atoms in total. The Balaban J connectivity index is 2.08. The van der Waals surface area contributed by atoms with Crippen molar-refractivity contribution in [2.75, 3.05) is 24.4 Å². The minimum absolute atomic E-state index is 0.0442. The number of ether oxygens (including phenoxy) is 1. The van der Waals surface area contributed by atoms with Crippen molar-refractivity contribution in [3.05, 3.63) is 58.9 Å². The Morgan fingerprint density at radius 2 is 1.91 bits per heavy atom. The molecule has 0 bridgehead atoms. The molecule has 0 aliphatic heterocycles. The second kappa shape index (κ2) is 7.33. The molecular formula is C17H18ClFN2O2. The summed E-state index contributed by atoms with van der Waals surface area (Å²) in [6.07, 6.45) is -0.431. The predicted molar refractivity (Wildman–Crippen MR) is 90.7 cm³/mol. The second-order valence-electron chi connectivity index (χ2n) is 5.12. The van der Waals surface area contributed by atoms with Gasteiger partial charge in [0.25, 0.3) is 0 Å². The van der Waals surface area contributed by atoms with Gasteiger partial charge in [-0.05, 0) is 48.9 Å². The van der Waals surface area contributed by atoms with E-state index in [2.05, 4.69) is 10.1 Å². The number of methoxy groups -OCH3 is 1. The Morgan fingerprint density at radius 1 is 1.26 bits per heavy atom. The molecule has 0 aromatic heterocycles. The van der Waals surface area contributed by atoms with Crippen LogP contribution in [0.5, 0.6) is 0 Å². The lowest BCUT2D eigenvalue weighted by molar-refractivity contribution is 0.180. The summed E-state index contributed by atoms with van der Waals surface area (Å²) in [6, 6.07) is 11.9. The average molecular weight is 337 g/mol. The van der Waals surface area contributed by atoms with Crippen LogP contribution in [0.4, 0.5) is 20.6 Å². The van der Waals surface area contributed by atoms with Crippen LogP contribution in [-0.4, -0.2) is 20.3 Å². The highest BCUT2D eigenvalue weighted by Gasteiger charge is 2.11. The molecule has 0 spiro atoms. The van der Waals surface area contributed by atoms with Crippen molar-refractivity contribution in [1.82, 2.24) is 0 Å². The molecule has 122 valence electrons. The van der Waals surface area contributed by atoms with Crippen molar-refractivity contribution in [2.24, 2.45) is 0 Å². The van der Waals surface area contributed by atoms with Gasteiger partial charge in [-0.3, -0.25) is 4.90 Å². The molecule has 1 unspecified atom stereocenters. The number of nitrogens with one attached hydrogen (secondary N) is 1. The van der Waals surface area contributed by atoms with Gasteiger partial charge in [0.1, 0.15) is 5.82 Å². The molecule has 1 atom stereocenters. The lowest BCUT2D eigenvalue weighted by atomic mass is 10.1. The van der Waals surface area contributed by atoms with E-state index < -0.39 is 11.9 Å². The van der Waals surface area contributed by atoms with Gasteiger partial charge in [0, 0.05) is 24.5 Å². The van der Waals surface area contributed by atoms with Crippen LogP contribution in [0, 0.1) is 5.82 Å². The van der Waals surface area contributed by atoms with Crippen LogP contribution in [0.25, 0.3) is 0 Å². The Morgan fingerprint density at radius 3 is 2.48 bits per heavy atom. The molecule has 0 radical (unpaired) electrons. The predicted octanol–water partition coefficient (Wildman–Crippen LogP) is 4.85. The highest BCUT2D eigenvalue weighted by Crippen LogP contribution is 2.25. The number of rotatable bonds is 4. The van der Waals surface area contributed by atoms with E-state index in [-0.39, 0.29) is 11.1 Å². The molecule has 23 heavy (non-hydrogen) atoms. The molecule has 0 saturated carbocycles. The first kappa shape index (κ1) is 17.1. The summed E-state index contributed by atoms with van der Waals surface area (Å²) in [4.78, 5) is 12.9. The third kappa shape index (κ3) is 4.13. The standard InChI is InChI=1S/C17H18ClFN2O2/c1-11(12-4-9-16(19)15(18)10-12)20-13-5-7-14(8-6-13)21(2)17(22)23-3/h4-11,20H,1-3H3. The Hall–Kier alpha value is -2.27. The van der Waals surface area contributed by atoms with Crippen molar-refractivity contribution < 1.29 is 13.9 Å². The Labute approximate surface area is 139 Å². The number of hydrogen-bond acceptors (Lipinski definition) is 3. The third-order valence-electron chi connectivity index (χ3n) is 3.53. The summed E-state index contributed by atoms with van der Waals surface area (Å²) in [7, 11) is 2.97. The van der Waals surface area contributed by atoms with Gasteiger partial charge in [-0.2, -0.15) is 0 Å². The third-order valence-corrected chi connectivity index (χ3v) is 3.82. The Bertz CT molecular complexity index is 691. The summed E-state index contributed by atoms with van der Waals surface area (Å²) in [5.41, 5.74) is 2.48. The SMILES string of the molecule is COC(=O)N(C)c1ccc(NC(C)c2ccc(F)c(Cl)c2)cc1. The van der Waals surface area contributed by atoms with Crippen molar-refractivity contribution in [1.29, 1.82) is 0 Å². The summed E-state index contributed by atoms with van der Waals surface area (Å²) >= 11 is 5.81.